The van der Waals surface area contributed by atoms with Crippen molar-refractivity contribution in [3.8, 4) is 0 Å². The predicted molar refractivity (Wildman–Crippen MR) is 110 cm³/mol. The van der Waals surface area contributed by atoms with Crippen molar-refractivity contribution in [2.24, 2.45) is 0 Å². The number of thioether (sulfide) groups is 1. The molecule has 5 heteroatoms. The van der Waals surface area contributed by atoms with Gasteiger partial charge in [-0.05, 0) is 35.4 Å². The monoisotopic (exact) mass is 387 g/mol. The molecule has 0 aliphatic heterocycles. The second kappa shape index (κ2) is 9.22. The van der Waals surface area contributed by atoms with Crippen molar-refractivity contribution in [1.29, 1.82) is 0 Å². The predicted octanol–water partition coefficient (Wildman–Crippen LogP) is 5.66. The summed E-state index contributed by atoms with van der Waals surface area (Å²) in [4.78, 5) is 17.5. The summed E-state index contributed by atoms with van der Waals surface area (Å²) in [6.07, 6.45) is 0. The summed E-state index contributed by atoms with van der Waals surface area (Å²) < 4.78 is 0. The summed E-state index contributed by atoms with van der Waals surface area (Å²) in [6.45, 7) is 3.39. The zero-order chi connectivity index (χ0) is 17.5. The Hall–Kier alpha value is -1.56. The Bertz CT molecular complexity index is 717. The minimum atomic E-state index is -0.0554. The largest absolute Gasteiger partial charge is 0.331 e. The fraction of sp³-hybridized carbons (Fsp3) is 0.250. The Balaban J connectivity index is 1.64. The number of nitrogens with zero attached hydrogens (tertiary/aromatic N) is 1. The van der Waals surface area contributed by atoms with E-state index in [0.29, 0.717) is 13.1 Å². The van der Waals surface area contributed by atoms with E-state index in [1.54, 1.807) is 34.4 Å². The van der Waals surface area contributed by atoms with Gasteiger partial charge in [0.25, 0.3) is 0 Å². The summed E-state index contributed by atoms with van der Waals surface area (Å²) >= 11 is 5.12. The van der Waals surface area contributed by atoms with Crippen molar-refractivity contribution in [1.82, 2.24) is 4.90 Å². The fourth-order valence-electron chi connectivity index (χ4n) is 2.52. The molecule has 2 nitrogen and oxygen atoms in total. The van der Waals surface area contributed by atoms with Gasteiger partial charge in [-0.25, -0.2) is 0 Å². The summed E-state index contributed by atoms with van der Waals surface area (Å²) in [5.74, 6) is 1.07. The molecule has 1 atom stereocenters. The second-order valence-corrected chi connectivity index (χ2v) is 9.19. The molecule has 3 aromatic rings. The lowest BCUT2D eigenvalue weighted by Gasteiger charge is -2.25. The fourth-order valence-corrected chi connectivity index (χ4v) is 4.88. The molecule has 2 aromatic heterocycles. The highest BCUT2D eigenvalue weighted by Gasteiger charge is 2.22. The maximum Gasteiger partial charge on any atom is 0.236 e. The number of carbonyl (C=O) groups excluding carboxylic acids is 1. The third-order valence-electron chi connectivity index (χ3n) is 3.86. The molecule has 2 heterocycles. The summed E-state index contributed by atoms with van der Waals surface area (Å²) in [7, 11) is 0. The molecule has 25 heavy (non-hydrogen) atoms. The minimum absolute atomic E-state index is 0.0554. The number of amides is 1. The van der Waals surface area contributed by atoms with Gasteiger partial charge in [-0.3, -0.25) is 4.79 Å². The summed E-state index contributed by atoms with van der Waals surface area (Å²) in [6, 6.07) is 18.6. The van der Waals surface area contributed by atoms with Crippen molar-refractivity contribution >= 4 is 40.3 Å². The Morgan fingerprint density at radius 1 is 0.960 bits per heavy atom. The van der Waals surface area contributed by atoms with Crippen molar-refractivity contribution in [3.63, 3.8) is 0 Å². The number of rotatable bonds is 8. The maximum atomic E-state index is 13.0. The van der Waals surface area contributed by atoms with E-state index in [1.807, 2.05) is 42.2 Å². The van der Waals surface area contributed by atoms with E-state index in [4.69, 9.17) is 0 Å². The van der Waals surface area contributed by atoms with E-state index in [0.717, 1.165) is 5.75 Å². The lowest BCUT2D eigenvalue weighted by atomic mass is 10.2. The molecule has 0 aliphatic carbocycles. The van der Waals surface area contributed by atoms with Gasteiger partial charge in [0, 0.05) is 15.5 Å². The number of benzene rings is 1. The van der Waals surface area contributed by atoms with Crippen LogP contribution in [0, 0.1) is 0 Å². The van der Waals surface area contributed by atoms with Crippen LogP contribution in [0.2, 0.25) is 0 Å². The van der Waals surface area contributed by atoms with Crippen LogP contribution in [-0.2, 0) is 23.6 Å². The van der Waals surface area contributed by atoms with Crippen LogP contribution in [0.25, 0.3) is 0 Å². The minimum Gasteiger partial charge on any atom is -0.331 e. The average molecular weight is 388 g/mol. The molecule has 0 fully saturated rings. The SMILES string of the molecule is CC(SCc1ccccc1)C(=O)N(Cc1cccs1)Cc1cccs1. The molecule has 0 saturated heterocycles. The first-order valence-electron chi connectivity index (χ1n) is 8.21. The normalized spacial score (nSPS) is 12.0. The van der Waals surface area contributed by atoms with Gasteiger partial charge in [0.15, 0.2) is 0 Å². The smallest absolute Gasteiger partial charge is 0.236 e. The molecule has 0 radical (unpaired) electrons. The van der Waals surface area contributed by atoms with Crippen LogP contribution in [0.5, 0.6) is 0 Å². The third kappa shape index (κ3) is 5.46. The van der Waals surface area contributed by atoms with Crippen molar-refractivity contribution in [3.05, 3.63) is 80.7 Å². The summed E-state index contributed by atoms with van der Waals surface area (Å²) in [5.41, 5.74) is 1.26. The first-order valence-corrected chi connectivity index (χ1v) is 11.0. The average Bonchev–Trinajstić information content (AvgIpc) is 3.33. The lowest BCUT2D eigenvalue weighted by Crippen LogP contribution is -2.35. The van der Waals surface area contributed by atoms with E-state index >= 15 is 0 Å². The molecule has 1 aromatic carbocycles. The van der Waals surface area contributed by atoms with E-state index in [-0.39, 0.29) is 11.2 Å². The van der Waals surface area contributed by atoms with Gasteiger partial charge in [0.2, 0.25) is 5.91 Å². The van der Waals surface area contributed by atoms with Gasteiger partial charge >= 0.3 is 0 Å². The van der Waals surface area contributed by atoms with Crippen LogP contribution in [0.15, 0.2) is 65.4 Å². The van der Waals surface area contributed by atoms with Gasteiger partial charge in [-0.2, -0.15) is 0 Å². The molecule has 0 spiro atoms. The highest BCUT2D eigenvalue weighted by atomic mass is 32.2. The van der Waals surface area contributed by atoms with E-state index in [1.165, 1.54) is 15.3 Å². The molecule has 1 unspecified atom stereocenters. The first kappa shape index (κ1) is 18.2. The van der Waals surface area contributed by atoms with Crippen LogP contribution >= 0.6 is 34.4 Å². The van der Waals surface area contributed by atoms with Crippen molar-refractivity contribution in [2.45, 2.75) is 31.0 Å². The highest BCUT2D eigenvalue weighted by Crippen LogP contribution is 2.23. The molecule has 0 bridgehead atoms. The number of thiophene rings is 2. The highest BCUT2D eigenvalue weighted by molar-refractivity contribution is 7.99. The number of hydrogen-bond donors (Lipinski definition) is 0. The van der Waals surface area contributed by atoms with Crippen LogP contribution in [0.3, 0.4) is 0 Å². The van der Waals surface area contributed by atoms with Crippen LogP contribution in [0.1, 0.15) is 22.2 Å². The van der Waals surface area contributed by atoms with Crippen LogP contribution < -0.4 is 0 Å². The molecular weight excluding hydrogens is 366 g/mol. The maximum absolute atomic E-state index is 13.0. The topological polar surface area (TPSA) is 20.3 Å². The van der Waals surface area contributed by atoms with Crippen LogP contribution in [0.4, 0.5) is 0 Å². The van der Waals surface area contributed by atoms with Crippen molar-refractivity contribution in [2.75, 3.05) is 0 Å². The molecule has 0 N–H and O–H groups in total. The van der Waals surface area contributed by atoms with Gasteiger partial charge in [0.05, 0.1) is 18.3 Å². The zero-order valence-corrected chi connectivity index (χ0v) is 16.6. The third-order valence-corrected chi connectivity index (χ3v) is 6.78. The van der Waals surface area contributed by atoms with Crippen molar-refractivity contribution < 1.29 is 4.79 Å². The molecule has 0 aliphatic rings. The van der Waals surface area contributed by atoms with E-state index in [9.17, 15) is 4.79 Å². The number of hydrogen-bond acceptors (Lipinski definition) is 4. The van der Waals surface area contributed by atoms with Gasteiger partial charge in [0.1, 0.15) is 0 Å². The summed E-state index contributed by atoms with van der Waals surface area (Å²) in [5, 5.41) is 4.08. The Morgan fingerprint density at radius 3 is 2.08 bits per heavy atom. The van der Waals surface area contributed by atoms with E-state index < -0.39 is 0 Å². The zero-order valence-electron chi connectivity index (χ0n) is 14.1. The Kier molecular flexibility index (Phi) is 6.73. The lowest BCUT2D eigenvalue weighted by molar-refractivity contribution is -0.131. The van der Waals surface area contributed by atoms with Gasteiger partial charge < -0.3 is 4.90 Å². The molecular formula is C20H21NOS3. The Morgan fingerprint density at radius 2 is 1.56 bits per heavy atom. The number of carbonyl (C=O) groups is 1. The molecule has 3 rings (SSSR count). The molecule has 0 saturated carbocycles. The first-order chi connectivity index (χ1) is 12.2. The molecule has 1 amide bonds. The van der Waals surface area contributed by atoms with Gasteiger partial charge in [-0.1, -0.05) is 42.5 Å². The quantitative estimate of drug-likeness (QED) is 0.497. The van der Waals surface area contributed by atoms with E-state index in [2.05, 4.69) is 35.0 Å². The molecule has 130 valence electrons. The van der Waals surface area contributed by atoms with Crippen LogP contribution in [-0.4, -0.2) is 16.1 Å². The Labute approximate surface area is 161 Å². The van der Waals surface area contributed by atoms with Gasteiger partial charge in [-0.15, -0.1) is 34.4 Å². The standard InChI is InChI=1S/C20H21NOS3/c1-16(25-15-17-7-3-2-4-8-17)20(22)21(13-18-9-5-11-23-18)14-19-10-6-12-24-19/h2-12,16H,13-15H2,1H3. The second-order valence-electron chi connectivity index (χ2n) is 5.79.